The average molecular weight is 325 g/mol. The molecule has 23 heavy (non-hydrogen) atoms. The van der Waals surface area contributed by atoms with Gasteiger partial charge in [0.2, 0.25) is 5.69 Å². The minimum atomic E-state index is -0.259. The number of rotatable bonds is 3. The molecule has 1 aliphatic heterocycles. The van der Waals surface area contributed by atoms with Crippen LogP contribution in [0.5, 0.6) is 0 Å². The molecule has 0 saturated carbocycles. The molecule has 1 aromatic heterocycles. The van der Waals surface area contributed by atoms with Gasteiger partial charge in [-0.1, -0.05) is 41.1 Å². The molecule has 0 amide bonds. The zero-order valence-corrected chi connectivity index (χ0v) is 14.0. The normalized spacial score (nSPS) is 13.9. The minimum absolute atomic E-state index is 0.259. The van der Waals surface area contributed by atoms with Crippen LogP contribution in [0.4, 0.5) is 0 Å². The first-order valence-corrected chi connectivity index (χ1v) is 8.21. The van der Waals surface area contributed by atoms with Gasteiger partial charge in [0.1, 0.15) is 5.69 Å². The maximum Gasteiger partial charge on any atom is 0.315 e. The van der Waals surface area contributed by atoms with Crippen molar-refractivity contribution in [1.82, 2.24) is 9.58 Å². The fourth-order valence-electron chi connectivity index (χ4n) is 3.24. The second-order valence-corrected chi connectivity index (χ2v) is 6.51. The van der Waals surface area contributed by atoms with E-state index in [1.165, 1.54) is 22.5 Å². The van der Waals surface area contributed by atoms with E-state index >= 15 is 0 Å². The molecule has 1 atom stereocenters. The van der Waals surface area contributed by atoms with Crippen molar-refractivity contribution in [2.75, 3.05) is 14.1 Å². The van der Waals surface area contributed by atoms with Crippen molar-refractivity contribution in [3.63, 3.8) is 0 Å². The van der Waals surface area contributed by atoms with Crippen LogP contribution in [0, 0.1) is 0 Å². The van der Waals surface area contributed by atoms with Crippen LogP contribution in [0.2, 0.25) is 0 Å². The number of nitrogens with zero attached hydrogens (tertiary/aromatic N) is 3. The van der Waals surface area contributed by atoms with Crippen LogP contribution in [0.25, 0.3) is 16.9 Å². The average Bonchev–Trinajstić information content (AvgIpc) is 3.10. The Morgan fingerprint density at radius 3 is 2.48 bits per heavy atom. The number of hydrogen-bond donors (Lipinski definition) is 0. The quantitative estimate of drug-likeness (QED) is 0.318. The van der Waals surface area contributed by atoms with Gasteiger partial charge in [0.15, 0.2) is 0 Å². The lowest BCUT2D eigenvalue weighted by Crippen LogP contribution is -2.51. The van der Waals surface area contributed by atoms with Gasteiger partial charge < -0.3 is 0 Å². The Morgan fingerprint density at radius 2 is 1.74 bits per heavy atom. The first-order valence-electron chi connectivity index (χ1n) is 7.77. The first-order chi connectivity index (χ1) is 11.2. The Labute approximate surface area is 141 Å². The van der Waals surface area contributed by atoms with Crippen LogP contribution in [0.15, 0.2) is 60.7 Å². The number of alkyl halides is 1. The fourth-order valence-corrected chi connectivity index (χ4v) is 3.44. The summed E-state index contributed by atoms with van der Waals surface area (Å²) in [5, 5.41) is 0. The van der Waals surface area contributed by atoms with Gasteiger partial charge in [-0.25, -0.2) is 4.90 Å². The van der Waals surface area contributed by atoms with Gasteiger partial charge in [-0.05, 0) is 49.5 Å². The first kappa shape index (κ1) is 14.5. The molecule has 0 bridgehead atoms. The molecule has 0 aliphatic carbocycles. The van der Waals surface area contributed by atoms with Crippen LogP contribution in [-0.2, 0) is 6.42 Å². The third-order valence-electron chi connectivity index (χ3n) is 4.33. The smallest absolute Gasteiger partial charge is 0.236 e. The Kier molecular flexibility index (Phi) is 3.47. The van der Waals surface area contributed by atoms with E-state index < -0.39 is 0 Å². The van der Waals surface area contributed by atoms with Crippen molar-refractivity contribution in [3.05, 3.63) is 71.9 Å². The lowest BCUT2D eigenvalue weighted by Gasteiger charge is -2.15. The van der Waals surface area contributed by atoms with Gasteiger partial charge in [0.25, 0.3) is 0 Å². The molecule has 4 rings (SSSR count). The lowest BCUT2D eigenvalue weighted by molar-refractivity contribution is -0.777. The van der Waals surface area contributed by atoms with Crippen LogP contribution in [0.3, 0.4) is 0 Å². The van der Waals surface area contributed by atoms with E-state index in [1.807, 2.05) is 25.1 Å². The lowest BCUT2D eigenvalue weighted by atomic mass is 10.1. The van der Waals surface area contributed by atoms with Crippen LogP contribution < -0.4 is 4.68 Å². The summed E-state index contributed by atoms with van der Waals surface area (Å²) in [6, 6.07) is 21.2. The molecule has 0 spiro atoms. The highest BCUT2D eigenvalue weighted by Gasteiger charge is 2.36. The molecule has 2 heterocycles. The van der Waals surface area contributed by atoms with Gasteiger partial charge in [0.05, 0.1) is 5.69 Å². The van der Waals surface area contributed by atoms with E-state index in [0.717, 1.165) is 12.1 Å². The third-order valence-corrected chi connectivity index (χ3v) is 4.90. The standard InChI is InChI=1S/C19H19ClN3/c1-21(2)19(20)23-18(14-8-4-3-5-9-14)13-16-12-15-10-6-7-11-17(15)22(16)23/h3-11,13,19H,12H2,1-2H3/q+1. The largest absolute Gasteiger partial charge is 0.315 e. The second kappa shape index (κ2) is 5.52. The number of benzene rings is 2. The number of fused-ring (bicyclic) bond motifs is 3. The SMILES string of the molecule is CN(C)C(Cl)[n+]1c(-c2ccccc2)cc2n1-c1ccccc1C2. The molecule has 3 nitrogen and oxygen atoms in total. The highest BCUT2D eigenvalue weighted by atomic mass is 35.5. The molecular formula is C19H19ClN3+. The monoisotopic (exact) mass is 324 g/mol. The molecule has 1 aliphatic rings. The van der Waals surface area contributed by atoms with E-state index in [4.69, 9.17) is 11.6 Å². The molecule has 3 aromatic rings. The van der Waals surface area contributed by atoms with Crippen molar-refractivity contribution in [3.8, 4) is 16.9 Å². The summed E-state index contributed by atoms with van der Waals surface area (Å²) < 4.78 is 4.44. The second-order valence-electron chi connectivity index (χ2n) is 6.12. The third kappa shape index (κ3) is 2.28. The van der Waals surface area contributed by atoms with Crippen molar-refractivity contribution in [1.29, 1.82) is 0 Å². The van der Waals surface area contributed by atoms with Crippen LogP contribution in [-0.4, -0.2) is 23.7 Å². The molecule has 0 saturated heterocycles. The Balaban J connectivity index is 1.98. The molecule has 0 N–H and O–H groups in total. The number of halogens is 1. The summed E-state index contributed by atoms with van der Waals surface area (Å²) in [5.41, 5.74) is 5.90. The Morgan fingerprint density at radius 1 is 1.04 bits per heavy atom. The number of hydrogen-bond acceptors (Lipinski definition) is 1. The number of para-hydroxylation sites is 1. The predicted molar refractivity (Wildman–Crippen MR) is 92.8 cm³/mol. The molecular weight excluding hydrogens is 306 g/mol. The highest BCUT2D eigenvalue weighted by molar-refractivity contribution is 6.17. The van der Waals surface area contributed by atoms with E-state index in [-0.39, 0.29) is 5.62 Å². The maximum atomic E-state index is 6.76. The summed E-state index contributed by atoms with van der Waals surface area (Å²) in [4.78, 5) is 2.02. The van der Waals surface area contributed by atoms with Crippen molar-refractivity contribution < 1.29 is 4.68 Å². The van der Waals surface area contributed by atoms with Crippen molar-refractivity contribution in [2.45, 2.75) is 12.0 Å². The van der Waals surface area contributed by atoms with Gasteiger partial charge in [0, 0.05) is 18.1 Å². The number of aromatic nitrogens is 2. The molecule has 0 fully saturated rings. The van der Waals surface area contributed by atoms with Gasteiger partial charge in [-0.2, -0.15) is 0 Å². The summed E-state index contributed by atoms with van der Waals surface area (Å²) in [6.07, 6.45) is 0.944. The summed E-state index contributed by atoms with van der Waals surface area (Å²) in [5.74, 6) is 0. The Hall–Kier alpha value is -2.10. The fraction of sp³-hybridized carbons (Fsp3) is 0.211. The van der Waals surface area contributed by atoms with Crippen molar-refractivity contribution >= 4 is 11.6 Å². The highest BCUT2D eigenvalue weighted by Crippen LogP contribution is 2.31. The van der Waals surface area contributed by atoms with Crippen LogP contribution >= 0.6 is 11.6 Å². The van der Waals surface area contributed by atoms with Gasteiger partial charge >= 0.3 is 5.62 Å². The predicted octanol–water partition coefficient (Wildman–Crippen LogP) is 3.59. The molecule has 1 unspecified atom stereocenters. The van der Waals surface area contributed by atoms with Crippen molar-refractivity contribution in [2.24, 2.45) is 0 Å². The van der Waals surface area contributed by atoms with E-state index in [1.54, 1.807) is 0 Å². The molecule has 116 valence electrons. The topological polar surface area (TPSA) is 12.1 Å². The van der Waals surface area contributed by atoms with E-state index in [2.05, 4.69) is 64.0 Å². The van der Waals surface area contributed by atoms with Gasteiger partial charge in [-0.3, -0.25) is 0 Å². The maximum absolute atomic E-state index is 6.76. The summed E-state index contributed by atoms with van der Waals surface area (Å²) in [6.45, 7) is 0. The minimum Gasteiger partial charge on any atom is -0.236 e. The van der Waals surface area contributed by atoms with E-state index in [9.17, 15) is 0 Å². The summed E-state index contributed by atoms with van der Waals surface area (Å²) in [7, 11) is 4.00. The van der Waals surface area contributed by atoms with Gasteiger partial charge in [-0.15, -0.1) is 4.68 Å². The van der Waals surface area contributed by atoms with E-state index in [0.29, 0.717) is 0 Å². The van der Waals surface area contributed by atoms with Crippen LogP contribution in [0.1, 0.15) is 16.9 Å². The molecule has 0 radical (unpaired) electrons. The molecule has 4 heteroatoms. The molecule has 2 aromatic carbocycles. The Bertz CT molecular complexity index is 852. The summed E-state index contributed by atoms with van der Waals surface area (Å²) >= 11 is 6.76. The zero-order chi connectivity index (χ0) is 16.0. The zero-order valence-electron chi connectivity index (χ0n) is 13.3.